The van der Waals surface area contributed by atoms with Crippen molar-refractivity contribution >= 4 is 17.5 Å². The Kier molecular flexibility index (Phi) is 8.52. The minimum Gasteiger partial charge on any atom is -0.370 e. The lowest BCUT2D eigenvalue weighted by atomic mass is 9.94. The highest BCUT2D eigenvalue weighted by Gasteiger charge is 2.31. The second-order valence-electron chi connectivity index (χ2n) is 9.40. The predicted octanol–water partition coefficient (Wildman–Crippen LogP) is 1.33. The molecule has 2 fully saturated rings. The summed E-state index contributed by atoms with van der Waals surface area (Å²) < 4.78 is 1.49. The standard InChI is InChI=1S/C26H36N6O3/c1-2-10-32-25(34)17-23(19-28-32)30-11-8-22(9-12-30)26(35)31-15-13-29(14-16-31)20-24(33)27-18-21-6-4-3-5-7-21/h3-7,17,19,22H,2,8-16,18,20H2,1H3,(H,27,33). The van der Waals surface area contributed by atoms with E-state index < -0.39 is 0 Å². The van der Waals surface area contributed by atoms with Gasteiger partial charge in [-0.3, -0.25) is 19.3 Å². The summed E-state index contributed by atoms with van der Waals surface area (Å²) in [6.45, 7) is 7.77. The van der Waals surface area contributed by atoms with E-state index in [4.69, 9.17) is 0 Å². The van der Waals surface area contributed by atoms with Gasteiger partial charge in [-0.15, -0.1) is 0 Å². The zero-order valence-corrected chi connectivity index (χ0v) is 20.6. The number of piperazine rings is 1. The third-order valence-corrected chi connectivity index (χ3v) is 6.88. The lowest BCUT2D eigenvalue weighted by Gasteiger charge is -2.38. The van der Waals surface area contributed by atoms with Crippen molar-refractivity contribution in [1.29, 1.82) is 0 Å². The fourth-order valence-corrected chi connectivity index (χ4v) is 4.80. The number of hydrogen-bond donors (Lipinski definition) is 1. The van der Waals surface area contributed by atoms with Crippen LogP contribution < -0.4 is 15.8 Å². The number of carbonyl (C=O) groups excluding carboxylic acids is 2. The molecule has 0 unspecified atom stereocenters. The fraction of sp³-hybridized carbons (Fsp3) is 0.538. The Balaban J connectivity index is 1.18. The Labute approximate surface area is 206 Å². The van der Waals surface area contributed by atoms with Gasteiger partial charge in [0.2, 0.25) is 11.8 Å². The highest BCUT2D eigenvalue weighted by atomic mass is 16.2. The molecule has 9 nitrogen and oxygen atoms in total. The summed E-state index contributed by atoms with van der Waals surface area (Å²) >= 11 is 0. The third-order valence-electron chi connectivity index (χ3n) is 6.88. The Morgan fingerprint density at radius 1 is 1.03 bits per heavy atom. The summed E-state index contributed by atoms with van der Waals surface area (Å²) in [5.41, 5.74) is 1.85. The van der Waals surface area contributed by atoms with Crippen LogP contribution in [0.1, 0.15) is 31.7 Å². The minimum absolute atomic E-state index is 0.0119. The molecule has 2 aliphatic rings. The molecular formula is C26H36N6O3. The van der Waals surface area contributed by atoms with Gasteiger partial charge in [-0.05, 0) is 24.8 Å². The molecule has 188 valence electrons. The first-order valence-electron chi connectivity index (χ1n) is 12.7. The molecule has 35 heavy (non-hydrogen) atoms. The van der Waals surface area contributed by atoms with Crippen LogP contribution >= 0.6 is 0 Å². The molecule has 2 saturated heterocycles. The van der Waals surface area contributed by atoms with Crippen LogP contribution in [0.5, 0.6) is 0 Å². The van der Waals surface area contributed by atoms with Crippen LogP contribution in [-0.4, -0.2) is 77.2 Å². The largest absolute Gasteiger partial charge is 0.370 e. The highest BCUT2D eigenvalue weighted by Crippen LogP contribution is 2.24. The van der Waals surface area contributed by atoms with E-state index in [9.17, 15) is 14.4 Å². The first-order chi connectivity index (χ1) is 17.0. The number of benzene rings is 1. The van der Waals surface area contributed by atoms with Gasteiger partial charge in [-0.2, -0.15) is 5.10 Å². The van der Waals surface area contributed by atoms with E-state index >= 15 is 0 Å². The van der Waals surface area contributed by atoms with Gasteiger partial charge in [0.1, 0.15) is 0 Å². The van der Waals surface area contributed by atoms with Gasteiger partial charge in [0.25, 0.3) is 5.56 Å². The highest BCUT2D eigenvalue weighted by molar-refractivity contribution is 5.80. The van der Waals surface area contributed by atoms with Gasteiger partial charge in [-0.25, -0.2) is 4.68 Å². The van der Waals surface area contributed by atoms with Crippen LogP contribution in [0.4, 0.5) is 5.69 Å². The molecule has 4 rings (SSSR count). The van der Waals surface area contributed by atoms with Crippen molar-refractivity contribution in [2.45, 2.75) is 39.3 Å². The summed E-state index contributed by atoms with van der Waals surface area (Å²) in [6.07, 6.45) is 4.18. The van der Waals surface area contributed by atoms with Crippen LogP contribution in [0.25, 0.3) is 0 Å². The molecule has 3 heterocycles. The summed E-state index contributed by atoms with van der Waals surface area (Å²) in [5, 5.41) is 7.25. The third kappa shape index (κ3) is 6.69. The summed E-state index contributed by atoms with van der Waals surface area (Å²) in [6, 6.07) is 11.5. The Morgan fingerprint density at radius 2 is 1.74 bits per heavy atom. The number of amides is 2. The number of hydrogen-bond acceptors (Lipinski definition) is 6. The van der Waals surface area contributed by atoms with Gasteiger partial charge in [0.05, 0.1) is 18.4 Å². The normalized spacial score (nSPS) is 17.4. The minimum atomic E-state index is -0.0748. The van der Waals surface area contributed by atoms with Crippen LogP contribution in [0.15, 0.2) is 47.4 Å². The summed E-state index contributed by atoms with van der Waals surface area (Å²) in [7, 11) is 0. The molecule has 0 bridgehead atoms. The van der Waals surface area contributed by atoms with Crippen molar-refractivity contribution in [2.75, 3.05) is 50.7 Å². The van der Waals surface area contributed by atoms with Gasteiger partial charge in [0, 0.05) is 64.3 Å². The number of aromatic nitrogens is 2. The lowest BCUT2D eigenvalue weighted by molar-refractivity contribution is -0.138. The average Bonchev–Trinajstić information content (AvgIpc) is 2.89. The maximum absolute atomic E-state index is 13.1. The quantitative estimate of drug-likeness (QED) is 0.613. The molecule has 9 heteroatoms. The second kappa shape index (κ2) is 12.0. The number of piperidine rings is 1. The zero-order chi connectivity index (χ0) is 24.6. The van der Waals surface area contributed by atoms with Crippen molar-refractivity contribution in [3.63, 3.8) is 0 Å². The molecule has 0 aliphatic carbocycles. The van der Waals surface area contributed by atoms with Crippen molar-refractivity contribution in [3.05, 3.63) is 58.5 Å². The zero-order valence-electron chi connectivity index (χ0n) is 20.6. The van der Waals surface area contributed by atoms with Crippen molar-refractivity contribution in [2.24, 2.45) is 5.92 Å². The molecule has 0 radical (unpaired) electrons. The molecule has 2 amide bonds. The monoisotopic (exact) mass is 480 g/mol. The number of nitrogens with one attached hydrogen (secondary N) is 1. The molecule has 1 aromatic heterocycles. The second-order valence-corrected chi connectivity index (χ2v) is 9.40. The number of rotatable bonds is 8. The van der Waals surface area contributed by atoms with Crippen molar-refractivity contribution < 1.29 is 9.59 Å². The Bertz CT molecular complexity index is 1040. The van der Waals surface area contributed by atoms with E-state index in [1.165, 1.54) is 4.68 Å². The first kappa shape index (κ1) is 24.9. The van der Waals surface area contributed by atoms with E-state index in [0.717, 1.165) is 43.6 Å². The number of aryl methyl sites for hydroxylation is 1. The Morgan fingerprint density at radius 3 is 2.40 bits per heavy atom. The summed E-state index contributed by atoms with van der Waals surface area (Å²) in [4.78, 5) is 43.8. The van der Waals surface area contributed by atoms with Crippen LogP contribution in [-0.2, 0) is 22.7 Å². The molecular weight excluding hydrogens is 444 g/mol. The molecule has 1 N–H and O–H groups in total. The number of nitrogens with zero attached hydrogens (tertiary/aromatic N) is 5. The first-order valence-corrected chi connectivity index (χ1v) is 12.7. The topological polar surface area (TPSA) is 90.8 Å². The predicted molar refractivity (Wildman–Crippen MR) is 135 cm³/mol. The van der Waals surface area contributed by atoms with E-state index in [-0.39, 0.29) is 23.3 Å². The van der Waals surface area contributed by atoms with E-state index in [2.05, 4.69) is 20.2 Å². The maximum atomic E-state index is 13.1. The molecule has 0 spiro atoms. The van der Waals surface area contributed by atoms with Gasteiger partial charge < -0.3 is 15.1 Å². The lowest BCUT2D eigenvalue weighted by Crippen LogP contribution is -2.53. The molecule has 0 saturated carbocycles. The number of anilines is 1. The van der Waals surface area contributed by atoms with Crippen molar-refractivity contribution in [1.82, 2.24) is 24.9 Å². The van der Waals surface area contributed by atoms with E-state index in [1.807, 2.05) is 42.2 Å². The molecule has 1 aromatic carbocycles. The smallest absolute Gasteiger partial charge is 0.268 e. The van der Waals surface area contributed by atoms with Gasteiger partial charge in [0.15, 0.2) is 0 Å². The summed E-state index contributed by atoms with van der Waals surface area (Å²) in [5.74, 6) is 0.243. The van der Waals surface area contributed by atoms with Gasteiger partial charge in [-0.1, -0.05) is 37.3 Å². The average molecular weight is 481 g/mol. The van der Waals surface area contributed by atoms with Crippen LogP contribution in [0.3, 0.4) is 0 Å². The number of carbonyl (C=O) groups is 2. The van der Waals surface area contributed by atoms with Crippen LogP contribution in [0.2, 0.25) is 0 Å². The fourth-order valence-electron chi connectivity index (χ4n) is 4.80. The van der Waals surface area contributed by atoms with Gasteiger partial charge >= 0.3 is 0 Å². The van der Waals surface area contributed by atoms with E-state index in [0.29, 0.717) is 45.8 Å². The molecule has 2 aromatic rings. The molecule has 0 atom stereocenters. The van der Waals surface area contributed by atoms with Crippen LogP contribution in [0, 0.1) is 5.92 Å². The molecule has 2 aliphatic heterocycles. The Hall–Kier alpha value is -3.20. The SMILES string of the molecule is CCCn1ncc(N2CCC(C(=O)N3CCN(CC(=O)NCc4ccccc4)CC3)CC2)cc1=O. The maximum Gasteiger partial charge on any atom is 0.268 e. The van der Waals surface area contributed by atoms with Crippen molar-refractivity contribution in [3.8, 4) is 0 Å². The van der Waals surface area contributed by atoms with E-state index in [1.54, 1.807) is 12.3 Å².